The summed E-state index contributed by atoms with van der Waals surface area (Å²) in [4.78, 5) is 4.25. The van der Waals surface area contributed by atoms with Crippen molar-refractivity contribution < 1.29 is 13.7 Å². The van der Waals surface area contributed by atoms with E-state index in [9.17, 15) is 4.39 Å². The van der Waals surface area contributed by atoms with Crippen LogP contribution in [0.3, 0.4) is 0 Å². The summed E-state index contributed by atoms with van der Waals surface area (Å²) in [5, 5.41) is 0. The van der Waals surface area contributed by atoms with Gasteiger partial charge in [0.1, 0.15) is 36.2 Å². The first-order valence-corrected chi connectivity index (χ1v) is 8.58. The maximum absolute atomic E-state index is 13.1. The second kappa shape index (κ2) is 7.00. The Morgan fingerprint density at radius 3 is 2.62 bits per heavy atom. The van der Waals surface area contributed by atoms with E-state index in [0.29, 0.717) is 12.6 Å². The lowest BCUT2D eigenvalue weighted by Gasteiger charge is -2.05. The lowest BCUT2D eigenvalue weighted by atomic mass is 10.1. The molecule has 1 atom stereocenters. The highest BCUT2D eigenvalue weighted by Gasteiger charge is 2.16. The monoisotopic (exact) mass is 351 g/mol. The number of hydrogen-bond acceptors (Lipinski definition) is 3. The Morgan fingerprint density at radius 2 is 1.92 bits per heavy atom. The quantitative estimate of drug-likeness (QED) is 0.718. The number of aromatic nitrogens is 2. The molecule has 5 nitrogen and oxygen atoms in total. The number of benzene rings is 2. The smallest absolute Gasteiger partial charge is 0.282 e. The SMILES string of the molecule is NC1=N[C@@H](CCc2ccc(-[n+]3ccn(-c4ccc(F)cc4)c3)cc2)CO1. The number of nitrogens with zero attached hydrogens (tertiary/aromatic N) is 3. The van der Waals surface area contributed by atoms with Gasteiger partial charge in [0.25, 0.3) is 12.3 Å². The molecule has 26 heavy (non-hydrogen) atoms. The third-order valence-corrected chi connectivity index (χ3v) is 4.50. The van der Waals surface area contributed by atoms with E-state index in [0.717, 1.165) is 24.2 Å². The lowest BCUT2D eigenvalue weighted by molar-refractivity contribution is -0.594. The molecule has 1 aliphatic rings. The number of rotatable bonds is 5. The van der Waals surface area contributed by atoms with Gasteiger partial charge < -0.3 is 10.5 Å². The first kappa shape index (κ1) is 16.3. The van der Waals surface area contributed by atoms with E-state index in [1.54, 1.807) is 12.1 Å². The third kappa shape index (κ3) is 3.59. The number of nitrogens with two attached hydrogens (primary N) is 1. The molecule has 0 spiro atoms. The zero-order valence-electron chi connectivity index (χ0n) is 14.3. The van der Waals surface area contributed by atoms with Gasteiger partial charge in [-0.25, -0.2) is 18.5 Å². The van der Waals surface area contributed by atoms with Gasteiger partial charge in [-0.05, 0) is 54.8 Å². The van der Waals surface area contributed by atoms with Crippen molar-refractivity contribution >= 4 is 6.02 Å². The van der Waals surface area contributed by atoms with E-state index < -0.39 is 0 Å². The van der Waals surface area contributed by atoms with Crippen LogP contribution in [0.2, 0.25) is 0 Å². The van der Waals surface area contributed by atoms with E-state index in [1.165, 1.54) is 17.7 Å². The van der Waals surface area contributed by atoms with Crippen LogP contribution in [0.4, 0.5) is 4.39 Å². The Morgan fingerprint density at radius 1 is 1.15 bits per heavy atom. The van der Waals surface area contributed by atoms with E-state index in [1.807, 2.05) is 27.9 Å². The second-order valence-corrected chi connectivity index (χ2v) is 6.34. The molecule has 2 N–H and O–H groups in total. The molecule has 0 radical (unpaired) electrons. The molecule has 1 aliphatic heterocycles. The van der Waals surface area contributed by atoms with Gasteiger partial charge in [0.15, 0.2) is 0 Å². The van der Waals surface area contributed by atoms with E-state index >= 15 is 0 Å². The van der Waals surface area contributed by atoms with Crippen LogP contribution < -0.4 is 10.3 Å². The molecule has 0 unspecified atom stereocenters. The molecule has 6 heteroatoms. The van der Waals surface area contributed by atoms with Gasteiger partial charge in [-0.2, -0.15) is 0 Å². The Labute approximate surface area is 151 Å². The minimum atomic E-state index is -0.234. The van der Waals surface area contributed by atoms with E-state index in [-0.39, 0.29) is 11.9 Å². The van der Waals surface area contributed by atoms with Crippen LogP contribution in [0.15, 0.2) is 72.2 Å². The van der Waals surface area contributed by atoms with Crippen LogP contribution in [0, 0.1) is 5.82 Å². The van der Waals surface area contributed by atoms with Crippen LogP contribution >= 0.6 is 0 Å². The van der Waals surface area contributed by atoms with Crippen molar-refractivity contribution in [2.75, 3.05) is 6.61 Å². The second-order valence-electron chi connectivity index (χ2n) is 6.34. The van der Waals surface area contributed by atoms with Gasteiger partial charge in [-0.15, -0.1) is 0 Å². The van der Waals surface area contributed by atoms with Gasteiger partial charge in [-0.3, -0.25) is 0 Å². The third-order valence-electron chi connectivity index (χ3n) is 4.50. The number of halogens is 1. The predicted molar refractivity (Wildman–Crippen MR) is 96.9 cm³/mol. The van der Waals surface area contributed by atoms with Gasteiger partial charge in [0, 0.05) is 0 Å². The summed E-state index contributed by atoms with van der Waals surface area (Å²) in [6.45, 7) is 0.580. The van der Waals surface area contributed by atoms with Crippen molar-refractivity contribution in [1.29, 1.82) is 0 Å². The normalized spacial score (nSPS) is 16.3. The molecule has 0 aliphatic carbocycles. The van der Waals surface area contributed by atoms with Crippen molar-refractivity contribution in [2.24, 2.45) is 10.7 Å². The van der Waals surface area contributed by atoms with Gasteiger partial charge in [-0.1, -0.05) is 12.1 Å². The molecule has 0 saturated carbocycles. The average Bonchev–Trinajstić information content (AvgIpc) is 3.30. The number of aliphatic imine (C=N–C) groups is 1. The Hall–Kier alpha value is -3.15. The van der Waals surface area contributed by atoms with Crippen molar-refractivity contribution in [3.05, 3.63) is 78.6 Å². The maximum Gasteiger partial charge on any atom is 0.282 e. The first-order chi connectivity index (χ1) is 12.7. The molecule has 1 aromatic heterocycles. The molecular weight excluding hydrogens is 331 g/mol. The molecule has 0 amide bonds. The maximum atomic E-state index is 13.1. The van der Waals surface area contributed by atoms with E-state index in [4.69, 9.17) is 10.5 Å². The summed E-state index contributed by atoms with van der Waals surface area (Å²) in [7, 11) is 0. The Balaban J connectivity index is 1.43. The predicted octanol–water partition coefficient (Wildman–Crippen LogP) is 2.54. The van der Waals surface area contributed by atoms with Crippen LogP contribution in [0.5, 0.6) is 0 Å². The fraction of sp³-hybridized carbons (Fsp3) is 0.200. The summed E-state index contributed by atoms with van der Waals surface area (Å²) >= 11 is 0. The standard InChI is InChI=1S/C20H20FN4O/c21-16-4-9-19(10-5-16)25-12-11-24(14-25)18-7-2-15(3-8-18)1-6-17-13-26-20(22)23-17/h2-5,7-12,14,17H,1,6,13H2,(H2,22,23)/q+1/t17-/m0/s1. The summed E-state index contributed by atoms with van der Waals surface area (Å²) in [5.74, 6) is -0.234. The van der Waals surface area contributed by atoms with Crippen molar-refractivity contribution in [3.8, 4) is 11.4 Å². The zero-order valence-corrected chi connectivity index (χ0v) is 14.3. The number of ether oxygens (including phenoxy) is 1. The Kier molecular flexibility index (Phi) is 4.39. The zero-order chi connectivity index (χ0) is 17.9. The van der Waals surface area contributed by atoms with Gasteiger partial charge in [0.05, 0.1) is 6.04 Å². The molecule has 0 bridgehead atoms. The number of amidine groups is 1. The fourth-order valence-electron chi connectivity index (χ4n) is 3.03. The number of aryl methyl sites for hydroxylation is 1. The molecule has 4 rings (SSSR count). The number of hydrogen-bond donors (Lipinski definition) is 1. The largest absolute Gasteiger partial charge is 0.463 e. The molecule has 132 valence electrons. The van der Waals surface area contributed by atoms with Gasteiger partial charge in [0.2, 0.25) is 0 Å². The van der Waals surface area contributed by atoms with Gasteiger partial charge >= 0.3 is 0 Å². The fourth-order valence-corrected chi connectivity index (χ4v) is 3.03. The summed E-state index contributed by atoms with van der Waals surface area (Å²) < 4.78 is 22.2. The highest BCUT2D eigenvalue weighted by molar-refractivity contribution is 5.73. The van der Waals surface area contributed by atoms with Crippen LogP contribution in [0.25, 0.3) is 11.4 Å². The number of imidazole rings is 1. The average molecular weight is 351 g/mol. The molecular formula is C20H20FN4O+. The first-order valence-electron chi connectivity index (χ1n) is 8.58. The van der Waals surface area contributed by atoms with Crippen molar-refractivity contribution in [2.45, 2.75) is 18.9 Å². The Bertz CT molecular complexity index is 916. The summed E-state index contributed by atoms with van der Waals surface area (Å²) in [6.07, 6.45) is 7.76. The highest BCUT2D eigenvalue weighted by atomic mass is 19.1. The topological polar surface area (TPSA) is 56.4 Å². The molecule has 0 fully saturated rings. The summed E-state index contributed by atoms with van der Waals surface area (Å²) in [6, 6.07) is 15.3. The molecule has 2 heterocycles. The minimum absolute atomic E-state index is 0.161. The molecule has 3 aromatic rings. The van der Waals surface area contributed by atoms with Crippen LogP contribution in [0.1, 0.15) is 12.0 Å². The molecule has 0 saturated heterocycles. The van der Waals surface area contributed by atoms with Crippen LogP contribution in [-0.2, 0) is 11.2 Å². The van der Waals surface area contributed by atoms with Crippen molar-refractivity contribution in [1.82, 2.24) is 4.57 Å². The lowest BCUT2D eigenvalue weighted by Crippen LogP contribution is -2.27. The molecule has 2 aromatic carbocycles. The summed E-state index contributed by atoms with van der Waals surface area (Å²) in [5.41, 5.74) is 8.78. The highest BCUT2D eigenvalue weighted by Crippen LogP contribution is 2.13. The van der Waals surface area contributed by atoms with E-state index in [2.05, 4.69) is 29.3 Å². The van der Waals surface area contributed by atoms with Crippen molar-refractivity contribution in [3.63, 3.8) is 0 Å². The van der Waals surface area contributed by atoms with Crippen LogP contribution in [-0.4, -0.2) is 23.2 Å². The minimum Gasteiger partial charge on any atom is -0.463 e.